The van der Waals surface area contributed by atoms with Crippen molar-refractivity contribution in [3.05, 3.63) is 84.2 Å². The summed E-state index contributed by atoms with van der Waals surface area (Å²) in [6.45, 7) is -0.369. The summed E-state index contributed by atoms with van der Waals surface area (Å²) in [6, 6.07) is 17.1. The van der Waals surface area contributed by atoms with E-state index in [2.05, 4.69) is 4.98 Å². The van der Waals surface area contributed by atoms with Crippen molar-refractivity contribution in [3.8, 4) is 5.75 Å². The molecule has 0 bridgehead atoms. The zero-order chi connectivity index (χ0) is 20.7. The van der Waals surface area contributed by atoms with E-state index in [0.29, 0.717) is 11.4 Å². The van der Waals surface area contributed by atoms with E-state index >= 15 is 0 Å². The first-order chi connectivity index (χ1) is 14.1. The maximum atomic E-state index is 13.3. The van der Waals surface area contributed by atoms with Crippen LogP contribution in [0.2, 0.25) is 0 Å². The minimum absolute atomic E-state index is 0.0610. The molecular weight excluding hydrogens is 388 g/mol. The predicted octanol–water partition coefficient (Wildman–Crippen LogP) is 3.45. The largest absolute Gasteiger partial charge is 0.497 e. The monoisotopic (exact) mass is 410 g/mol. The second-order valence-corrected chi connectivity index (χ2v) is 8.01. The summed E-state index contributed by atoms with van der Waals surface area (Å²) < 4.78 is 32.9. The van der Waals surface area contributed by atoms with Gasteiger partial charge in [0.05, 0.1) is 30.8 Å². The van der Waals surface area contributed by atoms with E-state index in [1.807, 2.05) is 36.4 Å². The second-order valence-electron chi connectivity index (χ2n) is 6.15. The van der Waals surface area contributed by atoms with E-state index in [1.54, 1.807) is 36.7 Å². The number of rotatable bonds is 8. The SMILES string of the molecule is COc1ccc(S(=O)(=O)N(CCO)c2ccccc2C=Cc2ccncc2)cc1. The van der Waals surface area contributed by atoms with Crippen LogP contribution in [0.5, 0.6) is 5.75 Å². The number of aromatic nitrogens is 1. The fraction of sp³-hybridized carbons (Fsp3) is 0.136. The third-order valence-corrected chi connectivity index (χ3v) is 6.14. The normalized spacial score (nSPS) is 11.5. The van der Waals surface area contributed by atoms with Crippen LogP contribution in [0.1, 0.15) is 11.1 Å². The van der Waals surface area contributed by atoms with Crippen molar-refractivity contribution in [2.24, 2.45) is 0 Å². The highest BCUT2D eigenvalue weighted by Crippen LogP contribution is 2.29. The van der Waals surface area contributed by atoms with Gasteiger partial charge < -0.3 is 9.84 Å². The van der Waals surface area contributed by atoms with Crippen LogP contribution in [0.4, 0.5) is 5.69 Å². The van der Waals surface area contributed by atoms with Crippen molar-refractivity contribution in [1.29, 1.82) is 0 Å². The molecule has 6 nitrogen and oxygen atoms in total. The van der Waals surface area contributed by atoms with Crippen LogP contribution in [0.15, 0.2) is 78.0 Å². The number of pyridine rings is 1. The topological polar surface area (TPSA) is 79.7 Å². The van der Waals surface area contributed by atoms with E-state index in [-0.39, 0.29) is 18.0 Å². The number of hydrogen-bond acceptors (Lipinski definition) is 5. The zero-order valence-corrected chi connectivity index (χ0v) is 16.8. The Morgan fingerprint density at radius 1 is 1.00 bits per heavy atom. The average molecular weight is 410 g/mol. The van der Waals surface area contributed by atoms with Crippen molar-refractivity contribution >= 4 is 27.9 Å². The lowest BCUT2D eigenvalue weighted by atomic mass is 10.1. The van der Waals surface area contributed by atoms with Gasteiger partial charge in [-0.3, -0.25) is 9.29 Å². The quantitative estimate of drug-likeness (QED) is 0.615. The highest BCUT2D eigenvalue weighted by molar-refractivity contribution is 7.92. The maximum absolute atomic E-state index is 13.3. The van der Waals surface area contributed by atoms with Gasteiger partial charge in [0.2, 0.25) is 0 Å². The molecule has 0 saturated heterocycles. The van der Waals surface area contributed by atoms with E-state index in [4.69, 9.17) is 4.74 Å². The van der Waals surface area contributed by atoms with Crippen LogP contribution < -0.4 is 9.04 Å². The second kappa shape index (κ2) is 9.36. The van der Waals surface area contributed by atoms with E-state index in [1.165, 1.54) is 23.5 Å². The standard InChI is InChI=1S/C22H22N2O4S/c1-28-20-8-10-21(11-9-20)29(26,27)24(16-17-25)22-5-3-2-4-19(22)7-6-18-12-14-23-15-13-18/h2-15,25H,16-17H2,1H3. The van der Waals surface area contributed by atoms with Gasteiger partial charge in [0.1, 0.15) is 5.75 Å². The first kappa shape index (κ1) is 20.6. The molecular formula is C22H22N2O4S. The molecule has 29 heavy (non-hydrogen) atoms. The Bertz CT molecular complexity index is 1070. The van der Waals surface area contributed by atoms with E-state index < -0.39 is 10.0 Å². The van der Waals surface area contributed by atoms with Gasteiger partial charge in [-0.05, 0) is 53.6 Å². The number of methoxy groups -OCH3 is 1. The van der Waals surface area contributed by atoms with Crippen molar-refractivity contribution < 1.29 is 18.3 Å². The molecule has 0 unspecified atom stereocenters. The summed E-state index contributed by atoms with van der Waals surface area (Å²) in [5.41, 5.74) is 2.15. The first-order valence-corrected chi connectivity index (χ1v) is 10.4. The number of hydrogen-bond donors (Lipinski definition) is 1. The number of para-hydroxylation sites is 1. The number of sulfonamides is 1. The lowest BCUT2D eigenvalue weighted by molar-refractivity contribution is 0.306. The lowest BCUT2D eigenvalue weighted by Gasteiger charge is -2.25. The molecule has 3 rings (SSSR count). The summed E-state index contributed by atoms with van der Waals surface area (Å²) in [4.78, 5) is 4.12. The summed E-state index contributed by atoms with van der Waals surface area (Å²) in [7, 11) is -2.35. The van der Waals surface area contributed by atoms with Gasteiger partial charge in [-0.2, -0.15) is 0 Å². The lowest BCUT2D eigenvalue weighted by Crippen LogP contribution is -2.34. The van der Waals surface area contributed by atoms with Crippen LogP contribution in [-0.2, 0) is 10.0 Å². The van der Waals surface area contributed by atoms with Crippen molar-refractivity contribution in [2.75, 3.05) is 24.6 Å². The Hall–Kier alpha value is -3.16. The number of benzene rings is 2. The average Bonchev–Trinajstić information content (AvgIpc) is 2.77. The summed E-state index contributed by atoms with van der Waals surface area (Å²) >= 11 is 0. The van der Waals surface area contributed by atoms with Gasteiger partial charge in [-0.25, -0.2) is 8.42 Å². The molecule has 0 fully saturated rings. The van der Waals surface area contributed by atoms with Crippen LogP contribution >= 0.6 is 0 Å². The smallest absolute Gasteiger partial charge is 0.264 e. The molecule has 0 aliphatic heterocycles. The molecule has 1 heterocycles. The highest BCUT2D eigenvalue weighted by Gasteiger charge is 2.26. The minimum Gasteiger partial charge on any atom is -0.497 e. The Balaban J connectivity index is 2.01. The first-order valence-electron chi connectivity index (χ1n) is 9.01. The molecule has 0 aliphatic carbocycles. The van der Waals surface area contributed by atoms with E-state index in [9.17, 15) is 13.5 Å². The maximum Gasteiger partial charge on any atom is 0.264 e. The Labute approximate surface area is 170 Å². The van der Waals surface area contributed by atoms with Crippen LogP contribution in [0.25, 0.3) is 12.2 Å². The fourth-order valence-electron chi connectivity index (χ4n) is 2.85. The van der Waals surface area contributed by atoms with Gasteiger partial charge >= 0.3 is 0 Å². The van der Waals surface area contributed by atoms with Gasteiger partial charge in [0.25, 0.3) is 10.0 Å². The summed E-state index contributed by atoms with van der Waals surface area (Å²) in [5.74, 6) is 0.568. The number of anilines is 1. The molecule has 1 N–H and O–H groups in total. The van der Waals surface area contributed by atoms with Crippen molar-refractivity contribution in [3.63, 3.8) is 0 Å². The highest BCUT2D eigenvalue weighted by atomic mass is 32.2. The fourth-order valence-corrected chi connectivity index (χ4v) is 4.33. The Kier molecular flexibility index (Phi) is 6.64. The molecule has 0 saturated carbocycles. The molecule has 0 aliphatic rings. The molecule has 0 atom stereocenters. The number of nitrogens with zero attached hydrogens (tertiary/aromatic N) is 2. The summed E-state index contributed by atoms with van der Waals surface area (Å²) in [6.07, 6.45) is 7.12. The molecule has 0 radical (unpaired) electrons. The van der Waals surface area contributed by atoms with Gasteiger partial charge in [-0.1, -0.05) is 30.4 Å². The molecule has 1 aromatic heterocycles. The number of aliphatic hydroxyl groups is 1. The minimum atomic E-state index is -3.87. The van der Waals surface area contributed by atoms with Crippen LogP contribution in [-0.4, -0.2) is 38.8 Å². The predicted molar refractivity (Wildman–Crippen MR) is 114 cm³/mol. The molecule has 3 aromatic rings. The number of aliphatic hydroxyl groups excluding tert-OH is 1. The molecule has 2 aromatic carbocycles. The Morgan fingerprint density at radius 2 is 1.69 bits per heavy atom. The third kappa shape index (κ3) is 4.82. The molecule has 0 spiro atoms. The van der Waals surface area contributed by atoms with Gasteiger partial charge in [0.15, 0.2) is 0 Å². The van der Waals surface area contributed by atoms with Gasteiger partial charge in [0, 0.05) is 12.4 Å². The van der Waals surface area contributed by atoms with E-state index in [0.717, 1.165) is 11.1 Å². The Morgan fingerprint density at radius 3 is 2.34 bits per heavy atom. The molecule has 0 amide bonds. The third-order valence-electron chi connectivity index (χ3n) is 4.32. The van der Waals surface area contributed by atoms with Gasteiger partial charge in [-0.15, -0.1) is 0 Å². The molecule has 7 heteroatoms. The number of ether oxygens (including phenoxy) is 1. The summed E-state index contributed by atoms with van der Waals surface area (Å²) in [5, 5.41) is 9.54. The zero-order valence-electron chi connectivity index (χ0n) is 16.0. The van der Waals surface area contributed by atoms with Crippen LogP contribution in [0, 0.1) is 0 Å². The van der Waals surface area contributed by atoms with Crippen LogP contribution in [0.3, 0.4) is 0 Å². The van der Waals surface area contributed by atoms with Crippen molar-refractivity contribution in [1.82, 2.24) is 4.98 Å². The van der Waals surface area contributed by atoms with Crippen molar-refractivity contribution in [2.45, 2.75) is 4.90 Å². The molecule has 150 valence electrons.